The Bertz CT molecular complexity index is 659. The quantitative estimate of drug-likeness (QED) is 0.837. The predicted molar refractivity (Wildman–Crippen MR) is 78.9 cm³/mol. The molecule has 0 amide bonds. The lowest BCUT2D eigenvalue weighted by Crippen LogP contribution is -2.08. The molecule has 0 heterocycles. The molecule has 102 valence electrons. The molecule has 0 unspecified atom stereocenters. The average Bonchev–Trinajstić information content (AvgIpc) is 2.42. The van der Waals surface area contributed by atoms with Gasteiger partial charge in [0.15, 0.2) is 0 Å². The maximum atomic E-state index is 13.0. The van der Waals surface area contributed by atoms with Crippen molar-refractivity contribution in [3.63, 3.8) is 0 Å². The zero-order chi connectivity index (χ0) is 14.5. The Hall–Kier alpha value is -2.54. The molecule has 0 bridgehead atoms. The number of nitriles is 1. The van der Waals surface area contributed by atoms with E-state index in [9.17, 15) is 4.39 Å². The molecule has 0 aliphatic carbocycles. The fourth-order valence-corrected chi connectivity index (χ4v) is 2.06. The SMILES string of the molecule is Cc1cc(F)ccc1CCNc1ccc(C#N)cc1N. The molecule has 2 aromatic rings. The molecule has 0 fully saturated rings. The first-order chi connectivity index (χ1) is 9.60. The first-order valence-corrected chi connectivity index (χ1v) is 6.38. The van der Waals surface area contributed by atoms with Crippen LogP contribution in [-0.2, 0) is 6.42 Å². The van der Waals surface area contributed by atoms with E-state index in [1.54, 1.807) is 24.3 Å². The van der Waals surface area contributed by atoms with Crippen molar-refractivity contribution >= 4 is 11.4 Å². The third kappa shape index (κ3) is 3.27. The Morgan fingerprint density at radius 2 is 2.05 bits per heavy atom. The summed E-state index contributed by atoms with van der Waals surface area (Å²) in [6.45, 7) is 2.59. The van der Waals surface area contributed by atoms with Gasteiger partial charge in [0.05, 0.1) is 23.0 Å². The molecule has 20 heavy (non-hydrogen) atoms. The molecule has 3 nitrogen and oxygen atoms in total. The molecule has 0 atom stereocenters. The minimum atomic E-state index is -0.212. The zero-order valence-corrected chi connectivity index (χ0v) is 11.3. The van der Waals surface area contributed by atoms with Gasteiger partial charge in [0, 0.05) is 6.54 Å². The van der Waals surface area contributed by atoms with Crippen LogP contribution < -0.4 is 11.1 Å². The fourth-order valence-electron chi connectivity index (χ4n) is 2.06. The van der Waals surface area contributed by atoms with Gasteiger partial charge in [0.1, 0.15) is 5.82 Å². The molecular formula is C16H16FN3. The van der Waals surface area contributed by atoms with Gasteiger partial charge < -0.3 is 11.1 Å². The summed E-state index contributed by atoms with van der Waals surface area (Å²) in [7, 11) is 0. The van der Waals surface area contributed by atoms with E-state index >= 15 is 0 Å². The van der Waals surface area contributed by atoms with Crippen LogP contribution in [0.5, 0.6) is 0 Å². The van der Waals surface area contributed by atoms with Crippen LogP contribution in [0.15, 0.2) is 36.4 Å². The number of nitrogen functional groups attached to an aromatic ring is 1. The van der Waals surface area contributed by atoms with Crippen LogP contribution in [0.3, 0.4) is 0 Å². The van der Waals surface area contributed by atoms with Crippen LogP contribution in [0.25, 0.3) is 0 Å². The summed E-state index contributed by atoms with van der Waals surface area (Å²) < 4.78 is 13.0. The summed E-state index contributed by atoms with van der Waals surface area (Å²) in [5, 5.41) is 12.0. The minimum Gasteiger partial charge on any atom is -0.397 e. The molecule has 2 aromatic carbocycles. The van der Waals surface area contributed by atoms with Gasteiger partial charge in [-0.25, -0.2) is 4.39 Å². The normalized spacial score (nSPS) is 10.1. The van der Waals surface area contributed by atoms with Crippen LogP contribution in [-0.4, -0.2) is 6.54 Å². The smallest absolute Gasteiger partial charge is 0.123 e. The van der Waals surface area contributed by atoms with Gasteiger partial charge in [-0.3, -0.25) is 0 Å². The second-order valence-electron chi connectivity index (χ2n) is 4.66. The maximum Gasteiger partial charge on any atom is 0.123 e. The van der Waals surface area contributed by atoms with E-state index in [1.165, 1.54) is 12.1 Å². The largest absolute Gasteiger partial charge is 0.397 e. The summed E-state index contributed by atoms with van der Waals surface area (Å²) in [6.07, 6.45) is 0.783. The molecule has 0 radical (unpaired) electrons. The Morgan fingerprint density at radius 1 is 1.25 bits per heavy atom. The van der Waals surface area contributed by atoms with E-state index in [0.717, 1.165) is 23.2 Å². The number of benzene rings is 2. The first-order valence-electron chi connectivity index (χ1n) is 6.38. The second-order valence-corrected chi connectivity index (χ2v) is 4.66. The van der Waals surface area contributed by atoms with E-state index in [1.807, 2.05) is 13.0 Å². The molecule has 3 N–H and O–H groups in total. The Balaban J connectivity index is 1.98. The molecule has 0 aromatic heterocycles. The number of nitrogens with two attached hydrogens (primary N) is 1. The number of hydrogen-bond donors (Lipinski definition) is 2. The number of nitrogens with zero attached hydrogens (tertiary/aromatic N) is 1. The lowest BCUT2D eigenvalue weighted by Gasteiger charge is -2.11. The van der Waals surface area contributed by atoms with Crippen molar-refractivity contribution in [1.82, 2.24) is 0 Å². The van der Waals surface area contributed by atoms with Crippen LogP contribution in [0.2, 0.25) is 0 Å². The van der Waals surface area contributed by atoms with E-state index in [-0.39, 0.29) is 5.82 Å². The summed E-state index contributed by atoms with van der Waals surface area (Å²) in [5.41, 5.74) is 9.82. The highest BCUT2D eigenvalue weighted by Gasteiger charge is 2.02. The lowest BCUT2D eigenvalue weighted by atomic mass is 10.1. The minimum absolute atomic E-state index is 0.212. The van der Waals surface area contributed by atoms with Crippen LogP contribution >= 0.6 is 0 Å². The molecule has 0 saturated heterocycles. The lowest BCUT2D eigenvalue weighted by molar-refractivity contribution is 0.625. The molecular weight excluding hydrogens is 253 g/mol. The molecule has 0 spiro atoms. The van der Waals surface area contributed by atoms with Gasteiger partial charge in [-0.1, -0.05) is 6.07 Å². The maximum absolute atomic E-state index is 13.0. The highest BCUT2D eigenvalue weighted by Crippen LogP contribution is 2.19. The van der Waals surface area contributed by atoms with E-state index in [2.05, 4.69) is 5.32 Å². The fraction of sp³-hybridized carbons (Fsp3) is 0.188. The van der Waals surface area contributed by atoms with Gasteiger partial charge in [-0.15, -0.1) is 0 Å². The Labute approximate surface area is 117 Å². The van der Waals surface area contributed by atoms with Crippen molar-refractivity contribution in [3.8, 4) is 6.07 Å². The van der Waals surface area contributed by atoms with Gasteiger partial charge in [-0.05, 0) is 54.8 Å². The van der Waals surface area contributed by atoms with Crippen molar-refractivity contribution in [2.75, 3.05) is 17.6 Å². The van der Waals surface area contributed by atoms with Gasteiger partial charge in [-0.2, -0.15) is 5.26 Å². The summed E-state index contributed by atoms with van der Waals surface area (Å²) in [4.78, 5) is 0. The summed E-state index contributed by atoms with van der Waals surface area (Å²) >= 11 is 0. The predicted octanol–water partition coefficient (Wildman–Crippen LogP) is 3.24. The van der Waals surface area contributed by atoms with Crippen molar-refractivity contribution in [2.45, 2.75) is 13.3 Å². The topological polar surface area (TPSA) is 61.8 Å². The Kier molecular flexibility index (Phi) is 4.21. The van der Waals surface area contributed by atoms with E-state index in [4.69, 9.17) is 11.0 Å². The monoisotopic (exact) mass is 269 g/mol. The number of hydrogen-bond acceptors (Lipinski definition) is 3. The zero-order valence-electron chi connectivity index (χ0n) is 11.3. The van der Waals surface area contributed by atoms with Crippen molar-refractivity contribution in [2.24, 2.45) is 0 Å². The van der Waals surface area contributed by atoms with Crippen molar-refractivity contribution in [3.05, 3.63) is 58.9 Å². The van der Waals surface area contributed by atoms with Gasteiger partial charge >= 0.3 is 0 Å². The van der Waals surface area contributed by atoms with E-state index in [0.29, 0.717) is 17.8 Å². The number of nitrogens with one attached hydrogen (secondary N) is 1. The highest BCUT2D eigenvalue weighted by atomic mass is 19.1. The van der Waals surface area contributed by atoms with Gasteiger partial charge in [0.2, 0.25) is 0 Å². The van der Waals surface area contributed by atoms with Crippen LogP contribution in [0, 0.1) is 24.1 Å². The van der Waals surface area contributed by atoms with Crippen molar-refractivity contribution in [1.29, 1.82) is 5.26 Å². The molecule has 2 rings (SSSR count). The van der Waals surface area contributed by atoms with Crippen LogP contribution in [0.4, 0.5) is 15.8 Å². The standard InChI is InChI=1S/C16H16FN3/c1-11-8-14(17)4-3-13(11)6-7-20-16-5-2-12(10-18)9-15(16)19/h2-5,8-9,20H,6-7,19H2,1H3. The molecule has 4 heteroatoms. The van der Waals surface area contributed by atoms with Gasteiger partial charge in [0.25, 0.3) is 0 Å². The number of rotatable bonds is 4. The summed E-state index contributed by atoms with van der Waals surface area (Å²) in [5.74, 6) is -0.212. The van der Waals surface area contributed by atoms with E-state index < -0.39 is 0 Å². The number of anilines is 2. The second kappa shape index (κ2) is 6.07. The van der Waals surface area contributed by atoms with Crippen LogP contribution in [0.1, 0.15) is 16.7 Å². The number of aryl methyl sites for hydroxylation is 1. The highest BCUT2D eigenvalue weighted by molar-refractivity contribution is 5.68. The first kappa shape index (κ1) is 13.9. The number of halogens is 1. The molecule has 0 aliphatic rings. The average molecular weight is 269 g/mol. The molecule has 0 aliphatic heterocycles. The Morgan fingerprint density at radius 3 is 2.70 bits per heavy atom. The molecule has 0 saturated carbocycles. The van der Waals surface area contributed by atoms with Crippen molar-refractivity contribution < 1.29 is 4.39 Å². The third-order valence-electron chi connectivity index (χ3n) is 3.20. The summed E-state index contributed by atoms with van der Waals surface area (Å²) in [6, 6.07) is 12.0. The third-order valence-corrected chi connectivity index (χ3v) is 3.20.